The molecule has 3 atom stereocenters. The van der Waals surface area contributed by atoms with Crippen molar-refractivity contribution < 1.29 is 28.8 Å². The van der Waals surface area contributed by atoms with Gasteiger partial charge in [-0.05, 0) is 18.2 Å². The van der Waals surface area contributed by atoms with Crippen LogP contribution < -0.4 is 14.5 Å². The van der Waals surface area contributed by atoms with E-state index in [0.717, 1.165) is 28.0 Å². The number of benzene rings is 2. The van der Waals surface area contributed by atoms with Crippen LogP contribution in [0.1, 0.15) is 16.4 Å². The zero-order chi connectivity index (χ0) is 28.8. The molecule has 3 aliphatic rings. The molecule has 2 saturated heterocycles. The fraction of sp³-hybridized carbons (Fsp3) is 0.333. The predicted molar refractivity (Wildman–Crippen MR) is 150 cm³/mol. The SMILES string of the molecule is COc1ccccc1C1c2sc(=O)n(CC(=O)N3CCOCC3)c2SC2C(=O)N(c3ccc([N+](=O)[O-])cc3)C(=O)C21. The lowest BCUT2D eigenvalue weighted by atomic mass is 9.82. The third kappa shape index (κ3) is 4.61. The van der Waals surface area contributed by atoms with Crippen molar-refractivity contribution in [3.8, 4) is 5.75 Å². The summed E-state index contributed by atoms with van der Waals surface area (Å²) in [6, 6.07) is 12.4. The van der Waals surface area contributed by atoms with Gasteiger partial charge in [-0.25, -0.2) is 4.90 Å². The summed E-state index contributed by atoms with van der Waals surface area (Å²) in [5, 5.41) is 10.7. The molecule has 3 aliphatic heterocycles. The highest BCUT2D eigenvalue weighted by Crippen LogP contribution is 2.55. The second-order valence-corrected chi connectivity index (χ2v) is 11.8. The Bertz CT molecular complexity index is 1610. The van der Waals surface area contributed by atoms with Gasteiger partial charge in [-0.3, -0.25) is 33.9 Å². The molecule has 3 unspecified atom stereocenters. The summed E-state index contributed by atoms with van der Waals surface area (Å²) < 4.78 is 12.3. The number of fused-ring (bicyclic) bond motifs is 2. The van der Waals surface area contributed by atoms with Crippen LogP contribution in [-0.4, -0.2) is 70.8 Å². The molecule has 0 saturated carbocycles. The van der Waals surface area contributed by atoms with Crippen molar-refractivity contribution >= 4 is 52.2 Å². The van der Waals surface area contributed by atoms with Crippen LogP contribution in [0.2, 0.25) is 0 Å². The van der Waals surface area contributed by atoms with Gasteiger partial charge in [-0.1, -0.05) is 41.3 Å². The van der Waals surface area contributed by atoms with Gasteiger partial charge in [0.1, 0.15) is 17.5 Å². The van der Waals surface area contributed by atoms with Gasteiger partial charge < -0.3 is 14.4 Å². The molecule has 0 radical (unpaired) electrons. The molecule has 1 aromatic heterocycles. The Balaban J connectivity index is 1.44. The second kappa shape index (κ2) is 10.8. The van der Waals surface area contributed by atoms with E-state index in [1.165, 1.54) is 35.9 Å². The number of methoxy groups -OCH3 is 1. The summed E-state index contributed by atoms with van der Waals surface area (Å²) in [6.45, 7) is 1.51. The van der Waals surface area contributed by atoms with Crippen LogP contribution in [0, 0.1) is 16.0 Å². The first-order valence-corrected chi connectivity index (χ1v) is 14.5. The number of nitro groups is 1. The van der Waals surface area contributed by atoms with Crippen molar-refractivity contribution in [2.75, 3.05) is 38.3 Å². The Hall–Kier alpha value is -4.01. The smallest absolute Gasteiger partial charge is 0.308 e. The number of carbonyl (C=O) groups excluding carboxylic acids is 3. The summed E-state index contributed by atoms with van der Waals surface area (Å²) in [5.41, 5.74) is 0.705. The Kier molecular flexibility index (Phi) is 7.13. The average molecular weight is 597 g/mol. The predicted octanol–water partition coefficient (Wildman–Crippen LogP) is 2.48. The number of carbonyl (C=O) groups is 3. The molecule has 3 aromatic rings. The molecule has 0 bridgehead atoms. The average Bonchev–Trinajstić information content (AvgIpc) is 3.43. The highest BCUT2D eigenvalue weighted by atomic mass is 32.2. The maximum Gasteiger partial charge on any atom is 0.308 e. The van der Waals surface area contributed by atoms with Crippen LogP contribution in [0.15, 0.2) is 58.4 Å². The van der Waals surface area contributed by atoms with Crippen LogP contribution in [0.5, 0.6) is 5.75 Å². The molecule has 0 N–H and O–H groups in total. The van der Waals surface area contributed by atoms with E-state index in [4.69, 9.17) is 9.47 Å². The van der Waals surface area contributed by atoms with Gasteiger partial charge in [-0.2, -0.15) is 0 Å². The fourth-order valence-corrected chi connectivity index (χ4v) is 8.30. The molecule has 3 amide bonds. The molecule has 0 aliphatic carbocycles. The number of hydrogen-bond acceptors (Lipinski definition) is 10. The van der Waals surface area contributed by atoms with E-state index in [1.807, 2.05) is 0 Å². The van der Waals surface area contributed by atoms with Crippen LogP contribution in [0.25, 0.3) is 0 Å². The van der Waals surface area contributed by atoms with Crippen molar-refractivity contribution in [3.05, 3.63) is 78.8 Å². The third-order valence-corrected chi connectivity index (χ3v) is 10.1. The van der Waals surface area contributed by atoms with Gasteiger partial charge in [-0.15, -0.1) is 0 Å². The molecule has 2 aromatic carbocycles. The van der Waals surface area contributed by atoms with Crippen LogP contribution in [-0.2, 0) is 25.7 Å². The van der Waals surface area contributed by atoms with Crippen LogP contribution in [0.3, 0.4) is 0 Å². The summed E-state index contributed by atoms with van der Waals surface area (Å²) in [6.07, 6.45) is 0. The molecular formula is C27H24N4O8S2. The number of imide groups is 1. The molecule has 0 spiro atoms. The number of amides is 3. The fourth-order valence-electron chi connectivity index (χ4n) is 5.54. The highest BCUT2D eigenvalue weighted by Gasteiger charge is 2.57. The van der Waals surface area contributed by atoms with Crippen LogP contribution >= 0.6 is 23.1 Å². The number of para-hydroxylation sites is 1. The van der Waals surface area contributed by atoms with E-state index in [1.54, 1.807) is 29.2 Å². The third-order valence-electron chi connectivity index (χ3n) is 7.50. The molecular weight excluding hydrogens is 572 g/mol. The number of rotatable bonds is 6. The first kappa shape index (κ1) is 27.2. The molecule has 41 heavy (non-hydrogen) atoms. The van der Waals surface area contributed by atoms with E-state index < -0.39 is 33.8 Å². The van der Waals surface area contributed by atoms with E-state index in [0.29, 0.717) is 47.5 Å². The van der Waals surface area contributed by atoms with Crippen molar-refractivity contribution in [2.24, 2.45) is 5.92 Å². The Morgan fingerprint density at radius 1 is 1.07 bits per heavy atom. The first-order valence-electron chi connectivity index (χ1n) is 12.8. The maximum atomic E-state index is 14.0. The van der Waals surface area contributed by atoms with Crippen molar-refractivity contribution in [1.82, 2.24) is 9.47 Å². The summed E-state index contributed by atoms with van der Waals surface area (Å²) >= 11 is 2.07. The van der Waals surface area contributed by atoms with Gasteiger partial charge in [0, 0.05) is 41.6 Å². The first-order chi connectivity index (χ1) is 19.8. The topological polar surface area (TPSA) is 141 Å². The zero-order valence-corrected chi connectivity index (χ0v) is 23.4. The number of aromatic nitrogens is 1. The lowest BCUT2D eigenvalue weighted by Crippen LogP contribution is -2.43. The Morgan fingerprint density at radius 3 is 2.46 bits per heavy atom. The maximum absolute atomic E-state index is 14.0. The van der Waals surface area contributed by atoms with Gasteiger partial charge in [0.25, 0.3) is 5.69 Å². The molecule has 212 valence electrons. The van der Waals surface area contributed by atoms with Gasteiger partial charge >= 0.3 is 4.87 Å². The normalized spacial score (nSPS) is 21.9. The minimum atomic E-state index is -0.890. The Morgan fingerprint density at radius 2 is 1.78 bits per heavy atom. The summed E-state index contributed by atoms with van der Waals surface area (Å²) in [4.78, 5) is 67.8. The van der Waals surface area contributed by atoms with Crippen molar-refractivity contribution in [1.29, 1.82) is 0 Å². The summed E-state index contributed by atoms with van der Waals surface area (Å²) in [5.74, 6) is -2.25. The quantitative estimate of drug-likeness (QED) is 0.238. The lowest BCUT2D eigenvalue weighted by Gasteiger charge is -2.32. The minimum Gasteiger partial charge on any atom is -0.496 e. The Labute approximate surface area is 241 Å². The molecule has 2 fully saturated rings. The molecule has 12 nitrogen and oxygen atoms in total. The largest absolute Gasteiger partial charge is 0.496 e. The standard InChI is InChI=1S/C27H24N4O8S2/c1-38-18-5-3-2-4-17(18)20-21-22(25(34)30(24(21)33)15-6-8-16(9-7-15)31(36)37)40-26-23(20)41-27(35)29(26)14-19(32)28-10-12-39-13-11-28/h2-9,20-22H,10-14H2,1H3. The number of hydrogen-bond donors (Lipinski definition) is 0. The van der Waals surface area contributed by atoms with E-state index in [-0.39, 0.29) is 28.7 Å². The number of thiazole rings is 1. The van der Waals surface area contributed by atoms with Crippen molar-refractivity contribution in [2.45, 2.75) is 22.7 Å². The molecule has 4 heterocycles. The van der Waals surface area contributed by atoms with E-state index >= 15 is 0 Å². The number of morpholine rings is 1. The van der Waals surface area contributed by atoms with Crippen molar-refractivity contribution in [3.63, 3.8) is 0 Å². The lowest BCUT2D eigenvalue weighted by molar-refractivity contribution is -0.384. The van der Waals surface area contributed by atoms with E-state index in [9.17, 15) is 29.3 Å². The minimum absolute atomic E-state index is 0.164. The monoisotopic (exact) mass is 596 g/mol. The molecule has 6 rings (SSSR count). The number of anilines is 1. The van der Waals surface area contributed by atoms with Gasteiger partial charge in [0.05, 0.1) is 41.9 Å². The number of ether oxygens (including phenoxy) is 2. The molecule has 14 heteroatoms. The summed E-state index contributed by atoms with van der Waals surface area (Å²) in [7, 11) is 1.51. The second-order valence-electron chi connectivity index (χ2n) is 9.69. The van der Waals surface area contributed by atoms with Gasteiger partial charge in [0.2, 0.25) is 17.7 Å². The van der Waals surface area contributed by atoms with Crippen LogP contribution in [0.4, 0.5) is 11.4 Å². The van der Waals surface area contributed by atoms with E-state index in [2.05, 4.69) is 0 Å². The number of nitro benzene ring substituents is 1. The number of thioether (sulfide) groups is 1. The number of nitrogens with zero attached hydrogens (tertiary/aromatic N) is 4. The zero-order valence-electron chi connectivity index (χ0n) is 21.8. The highest BCUT2D eigenvalue weighted by molar-refractivity contribution is 8.00. The van der Waals surface area contributed by atoms with Gasteiger partial charge in [0.15, 0.2) is 0 Å². The number of non-ortho nitro benzene ring substituents is 1.